The maximum Gasteiger partial charge on any atom is 0.252 e. The Morgan fingerprint density at radius 2 is 1.82 bits per heavy atom. The molecule has 33 heavy (non-hydrogen) atoms. The SMILES string of the molecule is CC(C)S(=O)(=O)N[C@@H]1[C@H](Cc2cccc(-c3ccccc3)c2)N(C(=O)C2CCO2)CC12CC2. The molecule has 0 radical (unpaired) electrons. The summed E-state index contributed by atoms with van der Waals surface area (Å²) in [4.78, 5) is 15.2. The Hall–Kier alpha value is -2.22. The second kappa shape index (κ2) is 8.53. The summed E-state index contributed by atoms with van der Waals surface area (Å²) in [6.45, 7) is 4.60. The molecule has 0 aromatic heterocycles. The predicted molar refractivity (Wildman–Crippen MR) is 128 cm³/mol. The highest BCUT2D eigenvalue weighted by Crippen LogP contribution is 2.56. The number of nitrogens with one attached hydrogen (secondary N) is 1. The fraction of sp³-hybridized carbons (Fsp3) is 0.500. The largest absolute Gasteiger partial charge is 0.368 e. The number of ether oxygens (including phenoxy) is 1. The van der Waals surface area contributed by atoms with Gasteiger partial charge in [0.05, 0.1) is 17.9 Å². The van der Waals surface area contributed by atoms with Crippen LogP contribution in [0.4, 0.5) is 0 Å². The Morgan fingerprint density at radius 3 is 2.42 bits per heavy atom. The van der Waals surface area contributed by atoms with Crippen LogP contribution in [0.1, 0.15) is 38.7 Å². The highest BCUT2D eigenvalue weighted by molar-refractivity contribution is 7.90. The van der Waals surface area contributed by atoms with Gasteiger partial charge in [-0.3, -0.25) is 4.79 Å². The molecular weight excluding hydrogens is 436 g/mol. The number of sulfonamides is 1. The molecule has 1 saturated carbocycles. The van der Waals surface area contributed by atoms with E-state index < -0.39 is 15.3 Å². The maximum atomic E-state index is 13.3. The van der Waals surface area contributed by atoms with Crippen LogP contribution >= 0.6 is 0 Å². The molecular formula is C26H32N2O4S. The first-order valence-electron chi connectivity index (χ1n) is 11.9. The van der Waals surface area contributed by atoms with Crippen molar-refractivity contribution in [2.45, 2.75) is 63.0 Å². The quantitative estimate of drug-likeness (QED) is 0.676. The van der Waals surface area contributed by atoms with Gasteiger partial charge < -0.3 is 9.64 Å². The minimum atomic E-state index is -3.47. The molecule has 1 unspecified atom stereocenters. The highest BCUT2D eigenvalue weighted by atomic mass is 32.2. The molecule has 2 aliphatic heterocycles. The Kier molecular flexibility index (Phi) is 5.83. The first-order chi connectivity index (χ1) is 15.8. The van der Waals surface area contributed by atoms with Crippen molar-refractivity contribution in [2.75, 3.05) is 13.2 Å². The van der Waals surface area contributed by atoms with Crippen LogP contribution in [0.25, 0.3) is 11.1 Å². The third kappa shape index (κ3) is 4.34. The minimum Gasteiger partial charge on any atom is -0.368 e. The smallest absolute Gasteiger partial charge is 0.252 e. The molecule has 1 amide bonds. The van der Waals surface area contributed by atoms with Gasteiger partial charge in [-0.1, -0.05) is 54.6 Å². The third-order valence-electron chi connectivity index (χ3n) is 7.47. The van der Waals surface area contributed by atoms with E-state index in [0.717, 1.165) is 36.0 Å². The summed E-state index contributed by atoms with van der Waals surface area (Å²) in [7, 11) is -3.47. The fourth-order valence-electron chi connectivity index (χ4n) is 5.12. The van der Waals surface area contributed by atoms with Crippen molar-refractivity contribution in [1.29, 1.82) is 0 Å². The zero-order valence-corrected chi connectivity index (χ0v) is 20.1. The van der Waals surface area contributed by atoms with Gasteiger partial charge in [0.15, 0.2) is 0 Å². The molecule has 3 aliphatic rings. The van der Waals surface area contributed by atoms with Gasteiger partial charge in [0, 0.05) is 24.4 Å². The van der Waals surface area contributed by atoms with Gasteiger partial charge in [0.2, 0.25) is 10.0 Å². The van der Waals surface area contributed by atoms with Crippen LogP contribution in [0, 0.1) is 5.41 Å². The monoisotopic (exact) mass is 468 g/mol. The van der Waals surface area contributed by atoms with Crippen molar-refractivity contribution in [3.8, 4) is 11.1 Å². The normalized spacial score (nSPS) is 25.9. The second-order valence-electron chi connectivity index (χ2n) is 10.0. The van der Waals surface area contributed by atoms with Crippen LogP contribution in [0.3, 0.4) is 0 Å². The number of nitrogens with zero attached hydrogens (tertiary/aromatic N) is 1. The van der Waals surface area contributed by atoms with Crippen LogP contribution in [-0.4, -0.2) is 55.8 Å². The zero-order chi connectivity index (χ0) is 23.2. The van der Waals surface area contributed by atoms with Gasteiger partial charge in [0.25, 0.3) is 5.91 Å². The number of likely N-dealkylation sites (tertiary alicyclic amines) is 1. The van der Waals surface area contributed by atoms with Crippen molar-refractivity contribution in [3.63, 3.8) is 0 Å². The number of rotatable bonds is 7. The summed E-state index contributed by atoms with van der Waals surface area (Å²) in [5.74, 6) is 0.00276. The Morgan fingerprint density at radius 1 is 1.12 bits per heavy atom. The molecule has 6 nitrogen and oxygen atoms in total. The molecule has 1 spiro atoms. The number of hydrogen-bond acceptors (Lipinski definition) is 4. The van der Waals surface area contributed by atoms with Crippen molar-refractivity contribution in [2.24, 2.45) is 5.41 Å². The molecule has 2 aromatic carbocycles. The Balaban J connectivity index is 1.47. The molecule has 2 heterocycles. The average molecular weight is 469 g/mol. The average Bonchev–Trinajstić information content (AvgIpc) is 3.49. The van der Waals surface area contributed by atoms with Crippen LogP contribution in [0.5, 0.6) is 0 Å². The molecule has 0 bridgehead atoms. The van der Waals surface area contributed by atoms with Gasteiger partial charge in [-0.2, -0.15) is 0 Å². The van der Waals surface area contributed by atoms with E-state index in [-0.39, 0.29) is 29.5 Å². The number of benzene rings is 2. The van der Waals surface area contributed by atoms with Gasteiger partial charge in [-0.05, 0) is 49.8 Å². The van der Waals surface area contributed by atoms with Gasteiger partial charge >= 0.3 is 0 Å². The molecule has 176 valence electrons. The summed E-state index contributed by atoms with van der Waals surface area (Å²) < 4.78 is 34.3. The number of carbonyl (C=O) groups excluding carboxylic acids is 1. The van der Waals surface area contributed by atoms with Crippen molar-refractivity contribution >= 4 is 15.9 Å². The summed E-state index contributed by atoms with van der Waals surface area (Å²) in [5, 5.41) is -0.518. The van der Waals surface area contributed by atoms with Crippen LogP contribution < -0.4 is 4.72 Å². The molecule has 5 rings (SSSR count). The van der Waals surface area contributed by atoms with E-state index in [9.17, 15) is 13.2 Å². The van der Waals surface area contributed by atoms with Gasteiger partial charge in [0.1, 0.15) is 6.10 Å². The second-order valence-corrected chi connectivity index (χ2v) is 12.3. The molecule has 1 aliphatic carbocycles. The Labute approximate surface area is 196 Å². The first-order valence-corrected chi connectivity index (χ1v) is 13.4. The van der Waals surface area contributed by atoms with Gasteiger partial charge in [-0.15, -0.1) is 0 Å². The van der Waals surface area contributed by atoms with E-state index >= 15 is 0 Å². The molecule has 2 saturated heterocycles. The lowest BCUT2D eigenvalue weighted by Gasteiger charge is -2.34. The Bertz CT molecular complexity index is 1120. The number of hydrogen-bond donors (Lipinski definition) is 1. The van der Waals surface area contributed by atoms with Crippen LogP contribution in [0.2, 0.25) is 0 Å². The zero-order valence-electron chi connectivity index (χ0n) is 19.2. The molecule has 2 aromatic rings. The predicted octanol–water partition coefficient (Wildman–Crippen LogP) is 3.37. The van der Waals surface area contributed by atoms with Crippen molar-refractivity contribution in [3.05, 3.63) is 60.2 Å². The highest BCUT2D eigenvalue weighted by Gasteiger charge is 2.62. The topological polar surface area (TPSA) is 75.7 Å². The summed E-state index contributed by atoms with van der Waals surface area (Å²) in [5.41, 5.74) is 3.19. The lowest BCUT2D eigenvalue weighted by molar-refractivity contribution is -0.157. The van der Waals surface area contributed by atoms with E-state index in [1.54, 1.807) is 13.8 Å². The molecule has 3 fully saturated rings. The van der Waals surface area contributed by atoms with Crippen molar-refractivity contribution < 1.29 is 17.9 Å². The molecule has 1 N–H and O–H groups in total. The summed E-state index contributed by atoms with van der Waals surface area (Å²) in [6.07, 6.45) is 2.83. The van der Waals surface area contributed by atoms with Crippen LogP contribution in [-0.2, 0) is 26.0 Å². The summed E-state index contributed by atoms with van der Waals surface area (Å²) in [6, 6.07) is 18.0. The lowest BCUT2D eigenvalue weighted by Crippen LogP contribution is -2.53. The van der Waals surface area contributed by atoms with Gasteiger partial charge in [-0.25, -0.2) is 13.1 Å². The van der Waals surface area contributed by atoms with E-state index in [4.69, 9.17) is 4.74 Å². The van der Waals surface area contributed by atoms with Crippen molar-refractivity contribution in [1.82, 2.24) is 9.62 Å². The number of amides is 1. The lowest BCUT2D eigenvalue weighted by atomic mass is 9.91. The molecule has 7 heteroatoms. The standard InChI is InChI=1S/C26H32N2O4S/c1-18(2)33(30,31)27-24-22(28(17-26(24)12-13-26)25(29)23-11-14-32-23)16-19-7-6-10-21(15-19)20-8-4-3-5-9-20/h3-10,15,18,22-24,27H,11-14,16-17H2,1-2H3/t22-,23?,24+/m0/s1. The maximum absolute atomic E-state index is 13.3. The summed E-state index contributed by atoms with van der Waals surface area (Å²) >= 11 is 0. The van der Waals surface area contributed by atoms with Crippen LogP contribution in [0.15, 0.2) is 54.6 Å². The molecule has 3 atom stereocenters. The third-order valence-corrected chi connectivity index (χ3v) is 9.29. The van der Waals surface area contributed by atoms with E-state index in [1.165, 1.54) is 0 Å². The van der Waals surface area contributed by atoms with E-state index in [1.807, 2.05) is 29.2 Å². The van der Waals surface area contributed by atoms with E-state index in [0.29, 0.717) is 19.6 Å². The number of carbonyl (C=O) groups is 1. The fourth-order valence-corrected chi connectivity index (χ4v) is 6.16. The minimum absolute atomic E-state index is 0.00276. The first kappa shape index (κ1) is 22.6. The van der Waals surface area contributed by atoms with E-state index in [2.05, 4.69) is 35.1 Å².